The fraction of sp³-hybridized carbons (Fsp3) is 0.435. The molecule has 0 bridgehead atoms. The predicted molar refractivity (Wildman–Crippen MR) is 123 cm³/mol. The number of methoxy groups -OCH3 is 1. The highest BCUT2D eigenvalue weighted by Crippen LogP contribution is 2.31. The predicted octanol–water partition coefficient (Wildman–Crippen LogP) is 4.90. The maximum Gasteiger partial charge on any atom is 0.314 e. The van der Waals surface area contributed by atoms with Crippen LogP contribution in [0.3, 0.4) is 0 Å². The molecule has 0 heterocycles. The largest absolute Gasteiger partial charge is 0.497 e. The molecule has 0 saturated heterocycles. The van der Waals surface area contributed by atoms with E-state index in [1.807, 2.05) is 30.3 Å². The highest BCUT2D eigenvalue weighted by molar-refractivity contribution is 9.10. The zero-order valence-electron chi connectivity index (χ0n) is 18.1. The molecule has 0 unspecified atom stereocenters. The Balaban J connectivity index is 1.56. The normalized spacial score (nSPS) is 11.0. The molecule has 2 N–H and O–H groups in total. The van der Waals surface area contributed by atoms with E-state index < -0.39 is 0 Å². The number of hydrogen-bond acceptors (Lipinski definition) is 4. The molecular formula is C23H31BrN2O4. The average Bonchev–Trinajstić information content (AvgIpc) is 2.71. The minimum absolute atomic E-state index is 0.0953. The monoisotopic (exact) mass is 478 g/mol. The molecule has 0 saturated carbocycles. The molecule has 6 nitrogen and oxygen atoms in total. The average molecular weight is 479 g/mol. The Morgan fingerprint density at radius 3 is 2.23 bits per heavy atom. The van der Waals surface area contributed by atoms with Gasteiger partial charge in [0, 0.05) is 6.54 Å². The van der Waals surface area contributed by atoms with Crippen molar-refractivity contribution in [3.05, 3.63) is 52.5 Å². The number of urea groups is 1. The molecular weight excluding hydrogens is 448 g/mol. The Hall–Kier alpha value is -2.41. The van der Waals surface area contributed by atoms with Crippen LogP contribution in [0.5, 0.6) is 17.2 Å². The molecule has 2 amide bonds. The second-order valence-electron chi connectivity index (χ2n) is 7.80. The fourth-order valence-electron chi connectivity index (χ4n) is 2.61. The van der Waals surface area contributed by atoms with Crippen LogP contribution in [-0.2, 0) is 5.41 Å². The highest BCUT2D eigenvalue weighted by atomic mass is 79.9. The molecule has 0 spiro atoms. The van der Waals surface area contributed by atoms with Crippen LogP contribution >= 0.6 is 15.9 Å². The van der Waals surface area contributed by atoms with E-state index in [1.165, 1.54) is 5.56 Å². The van der Waals surface area contributed by atoms with E-state index in [-0.39, 0.29) is 11.4 Å². The van der Waals surface area contributed by atoms with Gasteiger partial charge < -0.3 is 24.8 Å². The molecule has 164 valence electrons. The number of amides is 2. The lowest BCUT2D eigenvalue weighted by Gasteiger charge is -2.20. The zero-order chi connectivity index (χ0) is 22.0. The zero-order valence-corrected chi connectivity index (χ0v) is 19.7. The van der Waals surface area contributed by atoms with E-state index in [9.17, 15) is 4.79 Å². The summed E-state index contributed by atoms with van der Waals surface area (Å²) in [4.78, 5) is 11.8. The fourth-order valence-corrected chi connectivity index (χ4v) is 3.10. The van der Waals surface area contributed by atoms with Crippen molar-refractivity contribution >= 4 is 22.0 Å². The molecule has 30 heavy (non-hydrogen) atoms. The van der Waals surface area contributed by atoms with Crippen molar-refractivity contribution in [3.63, 3.8) is 0 Å². The lowest BCUT2D eigenvalue weighted by Crippen LogP contribution is -2.38. The van der Waals surface area contributed by atoms with Crippen LogP contribution in [0, 0.1) is 0 Å². The summed E-state index contributed by atoms with van der Waals surface area (Å²) in [6.45, 7) is 8.39. The molecule has 2 rings (SSSR count). The number of carbonyl (C=O) groups excluding carboxylic acids is 1. The summed E-state index contributed by atoms with van der Waals surface area (Å²) in [5.74, 6) is 2.32. The molecule has 0 aliphatic rings. The first-order chi connectivity index (χ1) is 14.3. The number of halogens is 1. The van der Waals surface area contributed by atoms with Gasteiger partial charge in [0.05, 0.1) is 24.7 Å². The first kappa shape index (κ1) is 23.9. The van der Waals surface area contributed by atoms with Crippen LogP contribution in [0.25, 0.3) is 0 Å². The van der Waals surface area contributed by atoms with Crippen LogP contribution in [0.1, 0.15) is 32.8 Å². The van der Waals surface area contributed by atoms with Crippen molar-refractivity contribution in [1.82, 2.24) is 10.6 Å². The first-order valence-electron chi connectivity index (χ1n) is 10.0. The number of carbonyl (C=O) groups is 1. The molecule has 0 radical (unpaired) electrons. The van der Waals surface area contributed by atoms with Gasteiger partial charge in [-0.2, -0.15) is 0 Å². The number of ether oxygens (including phenoxy) is 3. The topological polar surface area (TPSA) is 68.8 Å². The maximum absolute atomic E-state index is 11.8. The van der Waals surface area contributed by atoms with Crippen molar-refractivity contribution in [2.75, 3.05) is 33.4 Å². The summed E-state index contributed by atoms with van der Waals surface area (Å²) in [6.07, 6.45) is 0.712. The quantitative estimate of drug-likeness (QED) is 0.476. The molecule has 2 aromatic carbocycles. The summed E-state index contributed by atoms with van der Waals surface area (Å²) in [7, 11) is 1.62. The highest BCUT2D eigenvalue weighted by Gasteiger charge is 2.15. The van der Waals surface area contributed by atoms with Crippen molar-refractivity contribution in [3.8, 4) is 17.2 Å². The van der Waals surface area contributed by atoms with Crippen LogP contribution in [0.15, 0.2) is 46.9 Å². The molecule has 0 aliphatic carbocycles. The summed E-state index contributed by atoms with van der Waals surface area (Å²) in [5, 5.41) is 5.58. The number of nitrogens with one attached hydrogen (secondary N) is 2. The maximum atomic E-state index is 11.8. The van der Waals surface area contributed by atoms with E-state index in [2.05, 4.69) is 59.5 Å². The van der Waals surface area contributed by atoms with Crippen molar-refractivity contribution in [2.24, 2.45) is 0 Å². The standard InChI is InChI=1S/C23H31BrN2O4/c1-23(2,3)17-6-11-21(20(24)16-17)30-14-5-12-25-22(27)26-13-15-29-19-9-7-18(28-4)8-10-19/h6-11,16H,5,12-15H2,1-4H3,(H2,25,26,27). The summed E-state index contributed by atoms with van der Waals surface area (Å²) in [6, 6.07) is 13.2. The van der Waals surface area contributed by atoms with Gasteiger partial charge in [0.2, 0.25) is 0 Å². The SMILES string of the molecule is COc1ccc(OCCNC(=O)NCCCOc2ccc(C(C)(C)C)cc2Br)cc1. The minimum Gasteiger partial charge on any atom is -0.497 e. The number of benzene rings is 2. The van der Waals surface area contributed by atoms with E-state index in [0.29, 0.717) is 32.7 Å². The van der Waals surface area contributed by atoms with Crippen LogP contribution in [0.4, 0.5) is 4.79 Å². The molecule has 0 fully saturated rings. The minimum atomic E-state index is -0.218. The Morgan fingerprint density at radius 2 is 1.60 bits per heavy atom. The van der Waals surface area contributed by atoms with Crippen molar-refractivity contribution < 1.29 is 19.0 Å². The Kier molecular flexibility index (Phi) is 9.30. The van der Waals surface area contributed by atoms with E-state index in [0.717, 1.165) is 21.7 Å². The Bertz CT molecular complexity index is 804. The second kappa shape index (κ2) is 11.7. The smallest absolute Gasteiger partial charge is 0.314 e. The van der Waals surface area contributed by atoms with Gasteiger partial charge in [0.1, 0.15) is 23.9 Å². The Morgan fingerprint density at radius 1 is 0.933 bits per heavy atom. The third-order valence-electron chi connectivity index (χ3n) is 4.38. The van der Waals surface area contributed by atoms with Gasteiger partial charge in [-0.25, -0.2) is 4.79 Å². The van der Waals surface area contributed by atoms with Crippen LogP contribution < -0.4 is 24.8 Å². The van der Waals surface area contributed by atoms with Gasteiger partial charge in [-0.1, -0.05) is 26.8 Å². The van der Waals surface area contributed by atoms with Gasteiger partial charge in [-0.15, -0.1) is 0 Å². The molecule has 0 aromatic heterocycles. The molecule has 0 atom stereocenters. The van der Waals surface area contributed by atoms with E-state index in [1.54, 1.807) is 7.11 Å². The van der Waals surface area contributed by atoms with Gasteiger partial charge >= 0.3 is 6.03 Å². The van der Waals surface area contributed by atoms with Crippen molar-refractivity contribution in [2.45, 2.75) is 32.6 Å². The Labute approximate surface area is 187 Å². The van der Waals surface area contributed by atoms with Gasteiger partial charge in [-0.3, -0.25) is 0 Å². The molecule has 7 heteroatoms. The van der Waals surface area contributed by atoms with Gasteiger partial charge in [0.25, 0.3) is 0 Å². The second-order valence-corrected chi connectivity index (χ2v) is 8.66. The van der Waals surface area contributed by atoms with Crippen LogP contribution in [-0.4, -0.2) is 39.4 Å². The van der Waals surface area contributed by atoms with Gasteiger partial charge in [0.15, 0.2) is 0 Å². The summed E-state index contributed by atoms with van der Waals surface area (Å²) < 4.78 is 17.4. The molecule has 2 aromatic rings. The number of hydrogen-bond donors (Lipinski definition) is 2. The van der Waals surface area contributed by atoms with Crippen LogP contribution in [0.2, 0.25) is 0 Å². The number of rotatable bonds is 10. The lowest BCUT2D eigenvalue weighted by molar-refractivity contribution is 0.235. The summed E-state index contributed by atoms with van der Waals surface area (Å²) >= 11 is 3.57. The lowest BCUT2D eigenvalue weighted by atomic mass is 9.87. The van der Waals surface area contributed by atoms with Gasteiger partial charge in [-0.05, 0) is 69.7 Å². The first-order valence-corrected chi connectivity index (χ1v) is 10.8. The van der Waals surface area contributed by atoms with E-state index >= 15 is 0 Å². The van der Waals surface area contributed by atoms with Crippen molar-refractivity contribution in [1.29, 1.82) is 0 Å². The van der Waals surface area contributed by atoms with E-state index in [4.69, 9.17) is 14.2 Å². The third kappa shape index (κ3) is 8.14. The summed E-state index contributed by atoms with van der Waals surface area (Å²) in [5.41, 5.74) is 1.34. The molecule has 0 aliphatic heterocycles. The third-order valence-corrected chi connectivity index (χ3v) is 5.00.